The molecular weight excluding hydrogens is 465 g/mol. The van der Waals surface area contributed by atoms with E-state index < -0.39 is 26.8 Å². The summed E-state index contributed by atoms with van der Waals surface area (Å²) in [5.74, 6) is 0.757. The first-order chi connectivity index (χ1) is 16.0. The largest absolute Gasteiger partial charge is 0.457 e. The van der Waals surface area contributed by atoms with Crippen LogP contribution in [0.2, 0.25) is 0 Å². The average Bonchev–Trinajstić information content (AvgIpc) is 3.17. The highest BCUT2D eigenvalue weighted by Crippen LogP contribution is 2.36. The van der Waals surface area contributed by atoms with Gasteiger partial charge < -0.3 is 4.74 Å². The van der Waals surface area contributed by atoms with Gasteiger partial charge in [-0.1, -0.05) is 25.1 Å². The molecule has 0 N–H and O–H groups in total. The molecule has 2 aromatic carbocycles. The predicted molar refractivity (Wildman–Crippen MR) is 124 cm³/mol. The van der Waals surface area contributed by atoms with Gasteiger partial charge in [0.15, 0.2) is 9.84 Å². The zero-order chi connectivity index (χ0) is 24.7. The van der Waals surface area contributed by atoms with Crippen LogP contribution < -0.4 is 4.74 Å². The summed E-state index contributed by atoms with van der Waals surface area (Å²) in [5, 5.41) is -0.574. The Labute approximate surface area is 195 Å². The minimum absolute atomic E-state index is 0.153. The lowest BCUT2D eigenvalue weighted by Gasteiger charge is -2.12. The van der Waals surface area contributed by atoms with E-state index in [1.807, 2.05) is 6.92 Å². The van der Waals surface area contributed by atoms with E-state index >= 15 is 0 Å². The number of ether oxygens (including phenoxy) is 1. The molecule has 0 saturated heterocycles. The minimum Gasteiger partial charge on any atom is -0.457 e. The van der Waals surface area contributed by atoms with Crippen molar-refractivity contribution in [3.63, 3.8) is 0 Å². The molecule has 0 aliphatic rings. The van der Waals surface area contributed by atoms with Gasteiger partial charge >= 0.3 is 6.18 Å². The van der Waals surface area contributed by atoms with E-state index in [0.29, 0.717) is 34.9 Å². The third-order valence-electron chi connectivity index (χ3n) is 5.46. The highest BCUT2D eigenvalue weighted by atomic mass is 32.2. The number of hydrogen-bond donors (Lipinski definition) is 0. The first-order valence-corrected chi connectivity index (χ1v) is 12.3. The number of aryl methyl sites for hydroxylation is 1. The van der Waals surface area contributed by atoms with Crippen molar-refractivity contribution in [2.24, 2.45) is 0 Å². The SMILES string of the molecule is CCc1nc2c(C(F)(F)F)cccn2c1-c1cccc(Oc2cccc(S(=O)(=O)C(C)C)c2)c1. The van der Waals surface area contributed by atoms with Gasteiger partial charge in [0.1, 0.15) is 17.1 Å². The lowest BCUT2D eigenvalue weighted by atomic mass is 10.1. The van der Waals surface area contributed by atoms with E-state index in [1.54, 1.807) is 56.4 Å². The molecule has 0 atom stereocenters. The molecule has 0 amide bonds. The first kappa shape index (κ1) is 23.8. The van der Waals surface area contributed by atoms with Crippen molar-refractivity contribution < 1.29 is 26.3 Å². The number of hydrogen-bond acceptors (Lipinski definition) is 4. The van der Waals surface area contributed by atoms with E-state index in [1.165, 1.54) is 22.6 Å². The second-order valence-corrected chi connectivity index (χ2v) is 10.6. The standard InChI is InChI=1S/C25H23F3N2O3S/c1-4-22-23(30-13-7-12-21(24(30)29-22)25(26,27)28)17-8-5-9-18(14-17)33-19-10-6-11-20(15-19)34(31,32)16(2)3/h5-16H,4H2,1-3H3. The van der Waals surface area contributed by atoms with Crippen LogP contribution in [0.5, 0.6) is 11.5 Å². The molecule has 0 aliphatic heterocycles. The molecule has 2 heterocycles. The summed E-state index contributed by atoms with van der Waals surface area (Å²) in [6.45, 7) is 5.05. The molecule has 0 bridgehead atoms. The summed E-state index contributed by atoms with van der Waals surface area (Å²) >= 11 is 0. The number of sulfone groups is 1. The number of pyridine rings is 1. The van der Waals surface area contributed by atoms with Crippen molar-refractivity contribution in [3.8, 4) is 22.8 Å². The van der Waals surface area contributed by atoms with E-state index in [-0.39, 0.29) is 10.5 Å². The molecule has 178 valence electrons. The van der Waals surface area contributed by atoms with Crippen LogP contribution in [-0.2, 0) is 22.4 Å². The van der Waals surface area contributed by atoms with Crippen molar-refractivity contribution >= 4 is 15.5 Å². The fourth-order valence-corrected chi connectivity index (χ4v) is 4.81. The molecule has 4 rings (SSSR count). The van der Waals surface area contributed by atoms with Crippen LogP contribution >= 0.6 is 0 Å². The molecule has 0 radical (unpaired) electrons. The molecule has 0 fully saturated rings. The van der Waals surface area contributed by atoms with Crippen LogP contribution in [0, 0.1) is 0 Å². The fourth-order valence-electron chi connectivity index (χ4n) is 3.72. The molecule has 0 unspecified atom stereocenters. The number of fused-ring (bicyclic) bond motifs is 1. The quantitative estimate of drug-likeness (QED) is 0.309. The van der Waals surface area contributed by atoms with E-state index in [9.17, 15) is 21.6 Å². The number of alkyl halides is 3. The maximum Gasteiger partial charge on any atom is 0.419 e. The average molecular weight is 489 g/mol. The van der Waals surface area contributed by atoms with Crippen molar-refractivity contribution in [3.05, 3.63) is 78.1 Å². The maximum atomic E-state index is 13.5. The van der Waals surface area contributed by atoms with Crippen LogP contribution in [-0.4, -0.2) is 23.1 Å². The van der Waals surface area contributed by atoms with Crippen molar-refractivity contribution in [2.75, 3.05) is 0 Å². The number of imidazole rings is 1. The van der Waals surface area contributed by atoms with E-state index in [4.69, 9.17) is 4.74 Å². The second kappa shape index (κ2) is 8.79. The lowest BCUT2D eigenvalue weighted by molar-refractivity contribution is -0.136. The third kappa shape index (κ3) is 4.40. The van der Waals surface area contributed by atoms with Gasteiger partial charge in [-0.25, -0.2) is 13.4 Å². The van der Waals surface area contributed by atoms with Crippen molar-refractivity contribution in [1.29, 1.82) is 0 Å². The van der Waals surface area contributed by atoms with Gasteiger partial charge in [0.05, 0.1) is 27.1 Å². The molecule has 2 aromatic heterocycles. The van der Waals surface area contributed by atoms with Crippen LogP contribution in [0.25, 0.3) is 16.9 Å². The third-order valence-corrected chi connectivity index (χ3v) is 7.61. The Morgan fingerprint density at radius 3 is 2.32 bits per heavy atom. The number of halogens is 3. The number of rotatable bonds is 6. The van der Waals surface area contributed by atoms with Crippen LogP contribution in [0.3, 0.4) is 0 Å². The summed E-state index contributed by atoms with van der Waals surface area (Å²) in [7, 11) is -3.47. The van der Waals surface area contributed by atoms with Gasteiger partial charge in [-0.3, -0.25) is 4.40 Å². The molecule has 34 heavy (non-hydrogen) atoms. The lowest BCUT2D eigenvalue weighted by Crippen LogP contribution is -2.13. The molecule has 0 spiro atoms. The first-order valence-electron chi connectivity index (χ1n) is 10.7. The Morgan fingerprint density at radius 2 is 1.68 bits per heavy atom. The monoisotopic (exact) mass is 488 g/mol. The van der Waals surface area contributed by atoms with E-state index in [0.717, 1.165) is 6.07 Å². The zero-order valence-corrected chi connectivity index (χ0v) is 19.6. The zero-order valence-electron chi connectivity index (χ0n) is 18.8. The van der Waals surface area contributed by atoms with Gasteiger partial charge in [-0.15, -0.1) is 0 Å². The maximum absolute atomic E-state index is 13.5. The molecule has 4 aromatic rings. The van der Waals surface area contributed by atoms with Crippen molar-refractivity contribution in [2.45, 2.75) is 43.5 Å². The summed E-state index contributed by atoms with van der Waals surface area (Å²) in [4.78, 5) is 4.44. The normalized spacial score (nSPS) is 12.4. The topological polar surface area (TPSA) is 60.7 Å². The highest BCUT2D eigenvalue weighted by Gasteiger charge is 2.34. The molecule has 9 heteroatoms. The number of nitrogens with zero attached hydrogens (tertiary/aromatic N) is 2. The summed E-state index contributed by atoms with van der Waals surface area (Å²) in [5.41, 5.74) is 0.752. The smallest absolute Gasteiger partial charge is 0.419 e. The van der Waals surface area contributed by atoms with Gasteiger partial charge in [0.25, 0.3) is 0 Å². The van der Waals surface area contributed by atoms with Crippen LogP contribution in [0.1, 0.15) is 32.0 Å². The Morgan fingerprint density at radius 1 is 1.00 bits per heavy atom. The van der Waals surface area contributed by atoms with Gasteiger partial charge in [-0.2, -0.15) is 13.2 Å². The second-order valence-electron chi connectivity index (χ2n) is 8.07. The molecule has 5 nitrogen and oxygen atoms in total. The highest BCUT2D eigenvalue weighted by molar-refractivity contribution is 7.92. The molecule has 0 aliphatic carbocycles. The Bertz CT molecular complexity index is 1460. The summed E-state index contributed by atoms with van der Waals surface area (Å²) in [6, 6.07) is 15.5. The van der Waals surface area contributed by atoms with Crippen molar-refractivity contribution in [1.82, 2.24) is 9.38 Å². The Balaban J connectivity index is 1.76. The minimum atomic E-state index is -4.53. The predicted octanol–water partition coefficient (Wildman–Crippen LogP) is 6.56. The van der Waals surface area contributed by atoms with Gasteiger partial charge in [-0.05, 0) is 62.7 Å². The molecular formula is C25H23F3N2O3S. The van der Waals surface area contributed by atoms with Crippen LogP contribution in [0.4, 0.5) is 13.2 Å². The number of benzene rings is 2. The molecule has 0 saturated carbocycles. The van der Waals surface area contributed by atoms with Crippen LogP contribution in [0.15, 0.2) is 71.8 Å². The summed E-state index contributed by atoms with van der Waals surface area (Å²) < 4.78 is 72.9. The van der Waals surface area contributed by atoms with E-state index in [2.05, 4.69) is 4.98 Å². The Kier molecular flexibility index (Phi) is 6.16. The van der Waals surface area contributed by atoms with Gasteiger partial charge in [0.2, 0.25) is 0 Å². The summed E-state index contributed by atoms with van der Waals surface area (Å²) in [6.07, 6.45) is -2.53. The Hall–Kier alpha value is -3.33. The fraction of sp³-hybridized carbons (Fsp3) is 0.240. The number of aromatic nitrogens is 2. The van der Waals surface area contributed by atoms with Gasteiger partial charge in [0, 0.05) is 11.8 Å².